The molecule has 0 bridgehead atoms. The molecule has 234 valence electrons. The molecule has 0 fully saturated rings. The van der Waals surface area contributed by atoms with Gasteiger partial charge in [0.05, 0.1) is 0 Å². The standard InChI is InChI=1S/C45H27N3OS/c1-3-12-28(13-4-1)43-46-44(29-14-5-2-6-15-29)48-45(47-43)33-25-31(30-22-23-36-35-16-7-9-19-38(35)49-39(36)27-30)24-32(26-33)34-18-11-21-41-42(34)37-17-8-10-20-40(37)50-41/h1-27H. The fourth-order valence-electron chi connectivity index (χ4n) is 6.94. The number of aromatic nitrogens is 3. The second-order valence-corrected chi connectivity index (χ2v) is 13.5. The Hall–Kier alpha value is -6.43. The zero-order valence-electron chi connectivity index (χ0n) is 26.7. The van der Waals surface area contributed by atoms with Crippen LogP contribution in [0.2, 0.25) is 0 Å². The number of hydrogen-bond donors (Lipinski definition) is 0. The topological polar surface area (TPSA) is 51.8 Å². The molecule has 4 nitrogen and oxygen atoms in total. The first-order valence-corrected chi connectivity index (χ1v) is 17.4. The van der Waals surface area contributed by atoms with Gasteiger partial charge in [-0.1, -0.05) is 115 Å². The van der Waals surface area contributed by atoms with Crippen LogP contribution in [0.15, 0.2) is 168 Å². The Bertz CT molecular complexity index is 2820. The second-order valence-electron chi connectivity index (χ2n) is 12.4. The Balaban J connectivity index is 1.24. The minimum absolute atomic E-state index is 0.618. The Labute approximate surface area is 292 Å². The summed E-state index contributed by atoms with van der Waals surface area (Å²) in [5, 5.41) is 4.74. The second kappa shape index (κ2) is 11.6. The van der Waals surface area contributed by atoms with Crippen LogP contribution in [0.3, 0.4) is 0 Å². The van der Waals surface area contributed by atoms with Crippen LogP contribution in [0, 0.1) is 0 Å². The number of nitrogens with zero attached hydrogens (tertiary/aromatic N) is 3. The highest BCUT2D eigenvalue weighted by molar-refractivity contribution is 7.25. The molecule has 10 aromatic rings. The van der Waals surface area contributed by atoms with Gasteiger partial charge in [0.25, 0.3) is 0 Å². The minimum Gasteiger partial charge on any atom is -0.456 e. The first kappa shape index (κ1) is 28.6. The third-order valence-corrected chi connectivity index (χ3v) is 10.5. The number of furan rings is 1. The molecule has 0 N–H and O–H groups in total. The third-order valence-electron chi connectivity index (χ3n) is 9.32. The van der Waals surface area contributed by atoms with Crippen molar-refractivity contribution in [1.82, 2.24) is 15.0 Å². The van der Waals surface area contributed by atoms with Crippen molar-refractivity contribution in [2.75, 3.05) is 0 Å². The summed E-state index contributed by atoms with van der Waals surface area (Å²) in [4.78, 5) is 15.2. The quantitative estimate of drug-likeness (QED) is 0.185. The molecule has 7 aromatic carbocycles. The normalized spacial score (nSPS) is 11.6. The Morgan fingerprint density at radius 1 is 0.360 bits per heavy atom. The summed E-state index contributed by atoms with van der Waals surface area (Å²) in [5.74, 6) is 1.89. The fraction of sp³-hybridized carbons (Fsp3) is 0. The highest BCUT2D eigenvalue weighted by Crippen LogP contribution is 2.42. The molecule has 0 unspecified atom stereocenters. The van der Waals surface area contributed by atoms with Gasteiger partial charge < -0.3 is 4.42 Å². The van der Waals surface area contributed by atoms with Gasteiger partial charge in [-0.15, -0.1) is 11.3 Å². The summed E-state index contributed by atoms with van der Waals surface area (Å²) in [6.07, 6.45) is 0. The molecular formula is C45H27N3OS. The number of para-hydroxylation sites is 1. The van der Waals surface area contributed by atoms with E-state index in [4.69, 9.17) is 19.4 Å². The fourth-order valence-corrected chi connectivity index (χ4v) is 8.07. The van der Waals surface area contributed by atoms with Gasteiger partial charge in [-0.2, -0.15) is 0 Å². The highest BCUT2D eigenvalue weighted by atomic mass is 32.1. The van der Waals surface area contributed by atoms with Gasteiger partial charge in [0.2, 0.25) is 0 Å². The predicted octanol–water partition coefficient (Wildman–Crippen LogP) is 12.5. The van der Waals surface area contributed by atoms with E-state index in [1.807, 2.05) is 84.1 Å². The summed E-state index contributed by atoms with van der Waals surface area (Å²) in [5.41, 5.74) is 8.92. The average Bonchev–Trinajstić information content (AvgIpc) is 3.76. The van der Waals surface area contributed by atoms with E-state index in [-0.39, 0.29) is 0 Å². The zero-order chi connectivity index (χ0) is 33.0. The van der Waals surface area contributed by atoms with E-state index in [1.54, 1.807) is 0 Å². The Morgan fingerprint density at radius 3 is 1.70 bits per heavy atom. The third kappa shape index (κ3) is 4.87. The maximum Gasteiger partial charge on any atom is 0.164 e. The van der Waals surface area contributed by atoms with E-state index in [0.29, 0.717) is 17.5 Å². The van der Waals surface area contributed by atoms with Crippen molar-refractivity contribution in [3.8, 4) is 56.4 Å². The van der Waals surface area contributed by atoms with Crippen LogP contribution >= 0.6 is 11.3 Å². The molecule has 0 aliphatic rings. The molecule has 10 rings (SSSR count). The number of hydrogen-bond acceptors (Lipinski definition) is 5. The summed E-state index contributed by atoms with van der Waals surface area (Å²) >= 11 is 1.83. The van der Waals surface area contributed by atoms with Crippen LogP contribution in [-0.2, 0) is 0 Å². The highest BCUT2D eigenvalue weighted by Gasteiger charge is 2.18. The van der Waals surface area contributed by atoms with Crippen molar-refractivity contribution in [2.24, 2.45) is 0 Å². The molecule has 50 heavy (non-hydrogen) atoms. The van der Waals surface area contributed by atoms with Crippen LogP contribution in [-0.4, -0.2) is 15.0 Å². The first-order valence-electron chi connectivity index (χ1n) is 16.6. The molecule has 0 aliphatic heterocycles. The molecule has 0 saturated carbocycles. The molecule has 0 atom stereocenters. The van der Waals surface area contributed by atoms with Crippen LogP contribution in [0.1, 0.15) is 0 Å². The molecule has 3 aromatic heterocycles. The molecule has 0 radical (unpaired) electrons. The van der Waals surface area contributed by atoms with E-state index in [1.165, 1.54) is 25.7 Å². The predicted molar refractivity (Wildman–Crippen MR) is 207 cm³/mol. The van der Waals surface area contributed by atoms with E-state index >= 15 is 0 Å². The molecular weight excluding hydrogens is 631 g/mol. The van der Waals surface area contributed by atoms with Gasteiger partial charge in [0, 0.05) is 47.6 Å². The lowest BCUT2D eigenvalue weighted by Crippen LogP contribution is -2.00. The van der Waals surface area contributed by atoms with Crippen molar-refractivity contribution in [1.29, 1.82) is 0 Å². The Morgan fingerprint density at radius 2 is 0.940 bits per heavy atom. The smallest absolute Gasteiger partial charge is 0.164 e. The number of thiophene rings is 1. The van der Waals surface area contributed by atoms with Crippen molar-refractivity contribution < 1.29 is 4.42 Å². The molecule has 0 aliphatic carbocycles. The zero-order valence-corrected chi connectivity index (χ0v) is 27.6. The van der Waals surface area contributed by atoms with Crippen molar-refractivity contribution in [3.63, 3.8) is 0 Å². The van der Waals surface area contributed by atoms with Crippen LogP contribution < -0.4 is 0 Å². The summed E-state index contributed by atoms with van der Waals surface area (Å²) < 4.78 is 8.88. The Kier molecular flexibility index (Phi) is 6.64. The molecule has 0 amide bonds. The maximum atomic E-state index is 6.34. The maximum absolute atomic E-state index is 6.34. The number of rotatable bonds is 5. The summed E-state index contributed by atoms with van der Waals surface area (Å²) in [7, 11) is 0. The van der Waals surface area contributed by atoms with Crippen LogP contribution in [0.4, 0.5) is 0 Å². The monoisotopic (exact) mass is 657 g/mol. The largest absolute Gasteiger partial charge is 0.456 e. The van der Waals surface area contributed by atoms with Gasteiger partial charge in [-0.05, 0) is 70.8 Å². The lowest BCUT2D eigenvalue weighted by atomic mass is 9.93. The van der Waals surface area contributed by atoms with Crippen molar-refractivity contribution >= 4 is 53.4 Å². The SMILES string of the molecule is c1ccc(-c2nc(-c3ccccc3)nc(-c3cc(-c4ccc5c(c4)oc4ccccc45)cc(-c4cccc5sc6ccccc6c45)c3)n2)cc1. The minimum atomic E-state index is 0.618. The van der Waals surface area contributed by atoms with Gasteiger partial charge in [-0.25, -0.2) is 15.0 Å². The van der Waals surface area contributed by atoms with Gasteiger partial charge in [0.1, 0.15) is 11.2 Å². The summed E-state index contributed by atoms with van der Waals surface area (Å²) in [6, 6.07) is 56.9. The van der Waals surface area contributed by atoms with Crippen LogP contribution in [0.25, 0.3) is 98.5 Å². The van der Waals surface area contributed by atoms with Crippen LogP contribution in [0.5, 0.6) is 0 Å². The van der Waals surface area contributed by atoms with E-state index in [9.17, 15) is 0 Å². The van der Waals surface area contributed by atoms with E-state index in [0.717, 1.165) is 55.3 Å². The molecule has 5 heteroatoms. The summed E-state index contributed by atoms with van der Waals surface area (Å²) in [6.45, 7) is 0. The lowest BCUT2D eigenvalue weighted by molar-refractivity contribution is 0.669. The molecule has 0 saturated heterocycles. The molecule has 0 spiro atoms. The van der Waals surface area contributed by atoms with Gasteiger partial charge >= 0.3 is 0 Å². The van der Waals surface area contributed by atoms with Crippen molar-refractivity contribution in [3.05, 3.63) is 164 Å². The first-order chi connectivity index (χ1) is 24.7. The molecule has 3 heterocycles. The van der Waals surface area contributed by atoms with Gasteiger partial charge in [-0.3, -0.25) is 0 Å². The average molecular weight is 658 g/mol. The van der Waals surface area contributed by atoms with E-state index < -0.39 is 0 Å². The van der Waals surface area contributed by atoms with Crippen molar-refractivity contribution in [2.45, 2.75) is 0 Å². The van der Waals surface area contributed by atoms with E-state index in [2.05, 4.69) is 91.0 Å². The lowest BCUT2D eigenvalue weighted by Gasteiger charge is -2.13. The number of fused-ring (bicyclic) bond motifs is 6. The van der Waals surface area contributed by atoms with Gasteiger partial charge in [0.15, 0.2) is 17.5 Å². The number of benzene rings is 7.